The van der Waals surface area contributed by atoms with Gasteiger partial charge in [-0.1, -0.05) is 60.7 Å². The van der Waals surface area contributed by atoms with Gasteiger partial charge in [0.05, 0.1) is 0 Å². The average Bonchev–Trinajstić information content (AvgIpc) is 2.87. The van der Waals surface area contributed by atoms with Gasteiger partial charge in [0.25, 0.3) is 0 Å². The first kappa shape index (κ1) is 28.6. The molecule has 8 nitrogen and oxygen atoms in total. The minimum atomic E-state index is -0.806. The SMILES string of the molecule is C[C@H](NC(=O)CCCc1ccccc1)C(=O)OCCOC(=O)[C@@H](C)NC(=O)CCCc1ccccc1. The summed E-state index contributed by atoms with van der Waals surface area (Å²) < 4.78 is 10.1. The second-order valence-electron chi connectivity index (χ2n) is 8.59. The first-order chi connectivity index (χ1) is 17.3. The summed E-state index contributed by atoms with van der Waals surface area (Å²) in [7, 11) is 0. The molecule has 0 aliphatic rings. The molecule has 0 heterocycles. The van der Waals surface area contributed by atoms with Crippen LogP contribution >= 0.6 is 0 Å². The molecule has 0 radical (unpaired) electrons. The highest BCUT2D eigenvalue weighted by Crippen LogP contribution is 2.06. The largest absolute Gasteiger partial charge is 0.461 e. The lowest BCUT2D eigenvalue weighted by Gasteiger charge is -2.15. The molecule has 2 rings (SSSR count). The highest BCUT2D eigenvalue weighted by Gasteiger charge is 2.19. The van der Waals surface area contributed by atoms with Crippen molar-refractivity contribution in [1.82, 2.24) is 10.6 Å². The molecule has 0 spiro atoms. The van der Waals surface area contributed by atoms with Crippen molar-refractivity contribution >= 4 is 23.8 Å². The van der Waals surface area contributed by atoms with E-state index in [1.807, 2.05) is 60.7 Å². The summed E-state index contributed by atoms with van der Waals surface area (Å²) in [6.07, 6.45) is 3.53. The Morgan fingerprint density at radius 2 is 1.00 bits per heavy atom. The normalized spacial score (nSPS) is 12.2. The molecule has 0 aromatic heterocycles. The van der Waals surface area contributed by atoms with E-state index >= 15 is 0 Å². The van der Waals surface area contributed by atoms with Crippen LogP contribution in [0.25, 0.3) is 0 Å². The van der Waals surface area contributed by atoms with E-state index in [9.17, 15) is 19.2 Å². The third-order valence-electron chi connectivity index (χ3n) is 5.46. The molecule has 0 saturated carbocycles. The number of ether oxygens (including phenoxy) is 2. The first-order valence-electron chi connectivity index (χ1n) is 12.3. The van der Waals surface area contributed by atoms with E-state index in [1.165, 1.54) is 0 Å². The molecule has 0 bridgehead atoms. The summed E-state index contributed by atoms with van der Waals surface area (Å²) in [6, 6.07) is 18.1. The van der Waals surface area contributed by atoms with Gasteiger partial charge in [-0.15, -0.1) is 0 Å². The van der Waals surface area contributed by atoms with E-state index in [-0.39, 0.29) is 25.0 Å². The fourth-order valence-corrected chi connectivity index (χ4v) is 3.48. The smallest absolute Gasteiger partial charge is 0.328 e. The molecule has 8 heteroatoms. The molecule has 0 unspecified atom stereocenters. The Kier molecular flexibility index (Phi) is 12.8. The molecular formula is C28H36N2O6. The van der Waals surface area contributed by atoms with E-state index in [1.54, 1.807) is 13.8 Å². The Hall–Kier alpha value is -3.68. The third kappa shape index (κ3) is 11.6. The number of carbonyl (C=O) groups is 4. The molecule has 36 heavy (non-hydrogen) atoms. The van der Waals surface area contributed by atoms with Crippen LogP contribution in [-0.2, 0) is 41.5 Å². The quantitative estimate of drug-likeness (QED) is 0.290. The lowest BCUT2D eigenvalue weighted by molar-refractivity contribution is -0.155. The molecule has 0 aliphatic carbocycles. The molecule has 0 saturated heterocycles. The Morgan fingerprint density at radius 3 is 1.36 bits per heavy atom. The van der Waals surface area contributed by atoms with Gasteiger partial charge in [-0.25, -0.2) is 9.59 Å². The van der Waals surface area contributed by atoms with Gasteiger partial charge in [-0.3, -0.25) is 9.59 Å². The lowest BCUT2D eigenvalue weighted by Crippen LogP contribution is -2.41. The lowest BCUT2D eigenvalue weighted by atomic mass is 10.1. The molecule has 2 aromatic rings. The van der Waals surface area contributed by atoms with Crippen LogP contribution in [0.5, 0.6) is 0 Å². The van der Waals surface area contributed by atoms with E-state index in [0.717, 1.165) is 24.0 Å². The highest BCUT2D eigenvalue weighted by atomic mass is 16.6. The number of benzene rings is 2. The molecule has 2 N–H and O–H groups in total. The average molecular weight is 497 g/mol. The van der Waals surface area contributed by atoms with Gasteiger partial charge in [0.1, 0.15) is 25.3 Å². The van der Waals surface area contributed by atoms with Crippen LogP contribution in [-0.4, -0.2) is 49.1 Å². The van der Waals surface area contributed by atoms with Crippen molar-refractivity contribution in [3.05, 3.63) is 71.8 Å². The van der Waals surface area contributed by atoms with Crippen molar-refractivity contribution in [2.45, 2.75) is 64.5 Å². The number of nitrogens with one attached hydrogen (secondary N) is 2. The molecule has 0 aliphatic heterocycles. The minimum absolute atomic E-state index is 0.142. The van der Waals surface area contributed by atoms with Gasteiger partial charge in [-0.2, -0.15) is 0 Å². The highest BCUT2D eigenvalue weighted by molar-refractivity contribution is 5.84. The second kappa shape index (κ2) is 16.1. The maximum atomic E-state index is 12.1. The van der Waals surface area contributed by atoms with Gasteiger partial charge in [0, 0.05) is 12.8 Å². The summed E-state index contributed by atoms with van der Waals surface area (Å²) in [5, 5.41) is 5.23. The third-order valence-corrected chi connectivity index (χ3v) is 5.46. The number of esters is 2. The van der Waals surface area contributed by atoms with Crippen molar-refractivity contribution in [2.75, 3.05) is 13.2 Å². The van der Waals surface area contributed by atoms with Gasteiger partial charge >= 0.3 is 11.9 Å². The van der Waals surface area contributed by atoms with Crippen molar-refractivity contribution in [2.24, 2.45) is 0 Å². The summed E-state index contributed by atoms with van der Waals surface area (Å²) >= 11 is 0. The molecule has 2 amide bonds. The van der Waals surface area contributed by atoms with E-state index in [2.05, 4.69) is 10.6 Å². The van der Waals surface area contributed by atoms with E-state index in [0.29, 0.717) is 25.7 Å². The Morgan fingerprint density at radius 1 is 0.639 bits per heavy atom. The van der Waals surface area contributed by atoms with Crippen molar-refractivity contribution in [1.29, 1.82) is 0 Å². The van der Waals surface area contributed by atoms with Crippen LogP contribution in [0.3, 0.4) is 0 Å². The zero-order valence-electron chi connectivity index (χ0n) is 21.0. The second-order valence-corrected chi connectivity index (χ2v) is 8.59. The van der Waals surface area contributed by atoms with E-state index in [4.69, 9.17) is 9.47 Å². The number of hydrogen-bond acceptors (Lipinski definition) is 6. The monoisotopic (exact) mass is 496 g/mol. The number of hydrogen-bond donors (Lipinski definition) is 2. The Bertz CT molecular complexity index is 885. The minimum Gasteiger partial charge on any atom is -0.461 e. The topological polar surface area (TPSA) is 111 Å². The summed E-state index contributed by atoms with van der Waals surface area (Å²) in [5.41, 5.74) is 2.31. The molecular weight excluding hydrogens is 460 g/mol. The predicted molar refractivity (Wildman–Crippen MR) is 136 cm³/mol. The first-order valence-corrected chi connectivity index (χ1v) is 12.3. The van der Waals surface area contributed by atoms with Gasteiger partial charge in [0.2, 0.25) is 11.8 Å². The fraction of sp³-hybridized carbons (Fsp3) is 0.429. The molecule has 0 fully saturated rings. The molecule has 2 aromatic carbocycles. The zero-order chi connectivity index (χ0) is 26.2. The summed E-state index contributed by atoms with van der Waals surface area (Å²) in [5.74, 6) is -1.67. The van der Waals surface area contributed by atoms with Crippen LogP contribution in [0.15, 0.2) is 60.7 Å². The van der Waals surface area contributed by atoms with Crippen LogP contribution in [0.2, 0.25) is 0 Å². The number of aryl methyl sites for hydroxylation is 2. The maximum Gasteiger partial charge on any atom is 0.328 e. The zero-order valence-corrected chi connectivity index (χ0v) is 21.0. The van der Waals surface area contributed by atoms with Gasteiger partial charge in [-0.05, 0) is 50.7 Å². The molecule has 2 atom stereocenters. The van der Waals surface area contributed by atoms with Crippen molar-refractivity contribution in [3.63, 3.8) is 0 Å². The maximum absolute atomic E-state index is 12.1. The fourth-order valence-electron chi connectivity index (χ4n) is 3.48. The van der Waals surface area contributed by atoms with Gasteiger partial charge < -0.3 is 20.1 Å². The number of amides is 2. The van der Waals surface area contributed by atoms with Gasteiger partial charge in [0.15, 0.2) is 0 Å². The van der Waals surface area contributed by atoms with Crippen LogP contribution < -0.4 is 10.6 Å². The van der Waals surface area contributed by atoms with Crippen LogP contribution in [0, 0.1) is 0 Å². The predicted octanol–water partition coefficient (Wildman–Crippen LogP) is 3.13. The van der Waals surface area contributed by atoms with Crippen LogP contribution in [0.1, 0.15) is 50.7 Å². The number of rotatable bonds is 15. The summed E-state index contributed by atoms with van der Waals surface area (Å²) in [4.78, 5) is 48.2. The van der Waals surface area contributed by atoms with Crippen LogP contribution in [0.4, 0.5) is 0 Å². The number of carbonyl (C=O) groups excluding carboxylic acids is 4. The van der Waals surface area contributed by atoms with Crippen molar-refractivity contribution < 1.29 is 28.7 Å². The standard InChI is InChI=1S/C28H36N2O6/c1-21(29-25(31)17-9-15-23-11-5-3-6-12-23)27(33)35-19-20-36-28(34)22(2)30-26(32)18-10-16-24-13-7-4-8-14-24/h3-8,11-14,21-22H,9-10,15-20H2,1-2H3,(H,29,31)(H,30,32)/t21-,22+. The Balaban J connectivity index is 1.53. The van der Waals surface area contributed by atoms with E-state index < -0.39 is 24.0 Å². The summed E-state index contributed by atoms with van der Waals surface area (Å²) in [6.45, 7) is 2.80. The Labute approximate surface area is 212 Å². The molecule has 194 valence electrons. The van der Waals surface area contributed by atoms with Crippen molar-refractivity contribution in [3.8, 4) is 0 Å².